The second-order valence-corrected chi connectivity index (χ2v) is 5.45. The summed E-state index contributed by atoms with van der Waals surface area (Å²) in [5, 5.41) is 3.07. The molecule has 0 radical (unpaired) electrons. The summed E-state index contributed by atoms with van der Waals surface area (Å²) in [5.74, 6) is 1.03. The Bertz CT molecular complexity index is 634. The molecule has 0 bridgehead atoms. The number of methoxy groups -OCH3 is 1. The number of rotatable bonds is 5. The standard InChI is InChI=1S/C16H17BrFNO2/c1-10(19-2)11-4-6-16(14(18)8-11)21-15-7-5-12(20-3)9-13(15)17/h4-10,19H,1-3H3. The van der Waals surface area contributed by atoms with Crippen LogP contribution in [0.4, 0.5) is 4.39 Å². The Morgan fingerprint density at radius 2 is 1.86 bits per heavy atom. The second-order valence-electron chi connectivity index (χ2n) is 4.60. The van der Waals surface area contributed by atoms with E-state index in [1.54, 1.807) is 31.4 Å². The summed E-state index contributed by atoms with van der Waals surface area (Å²) < 4.78 is 25.5. The molecule has 0 saturated heterocycles. The van der Waals surface area contributed by atoms with Crippen molar-refractivity contribution in [3.05, 3.63) is 52.3 Å². The molecule has 0 aliphatic carbocycles. The summed E-state index contributed by atoms with van der Waals surface area (Å²) >= 11 is 3.38. The van der Waals surface area contributed by atoms with Gasteiger partial charge in [0.15, 0.2) is 11.6 Å². The lowest BCUT2D eigenvalue weighted by molar-refractivity contribution is 0.410. The van der Waals surface area contributed by atoms with E-state index in [1.165, 1.54) is 6.07 Å². The van der Waals surface area contributed by atoms with Crippen LogP contribution < -0.4 is 14.8 Å². The zero-order valence-electron chi connectivity index (χ0n) is 12.1. The Labute approximate surface area is 132 Å². The highest BCUT2D eigenvalue weighted by atomic mass is 79.9. The van der Waals surface area contributed by atoms with Gasteiger partial charge in [-0.25, -0.2) is 4.39 Å². The molecule has 0 spiro atoms. The predicted molar refractivity (Wildman–Crippen MR) is 84.6 cm³/mol. The molecule has 5 heteroatoms. The molecule has 2 aromatic carbocycles. The van der Waals surface area contributed by atoms with E-state index >= 15 is 0 Å². The van der Waals surface area contributed by atoms with Gasteiger partial charge in [0, 0.05) is 6.04 Å². The van der Waals surface area contributed by atoms with E-state index in [0.29, 0.717) is 16.0 Å². The van der Waals surface area contributed by atoms with Gasteiger partial charge < -0.3 is 14.8 Å². The maximum absolute atomic E-state index is 14.1. The Kier molecular flexibility index (Phi) is 5.20. The van der Waals surface area contributed by atoms with Crippen LogP contribution in [0.3, 0.4) is 0 Å². The molecule has 0 aromatic heterocycles. The Hall–Kier alpha value is -1.59. The first-order valence-electron chi connectivity index (χ1n) is 6.53. The third kappa shape index (κ3) is 3.74. The summed E-state index contributed by atoms with van der Waals surface area (Å²) in [5.41, 5.74) is 0.871. The molecule has 1 unspecified atom stereocenters. The van der Waals surface area contributed by atoms with Gasteiger partial charge in [0.1, 0.15) is 11.5 Å². The minimum absolute atomic E-state index is 0.0845. The molecular weight excluding hydrogens is 337 g/mol. The van der Waals surface area contributed by atoms with Crippen molar-refractivity contribution in [1.82, 2.24) is 5.32 Å². The van der Waals surface area contributed by atoms with E-state index in [0.717, 1.165) is 5.56 Å². The molecular formula is C16H17BrFNO2. The van der Waals surface area contributed by atoms with Crippen molar-refractivity contribution in [2.75, 3.05) is 14.2 Å². The van der Waals surface area contributed by atoms with Gasteiger partial charge in [0.25, 0.3) is 0 Å². The smallest absolute Gasteiger partial charge is 0.166 e. The maximum atomic E-state index is 14.1. The number of ether oxygens (including phenoxy) is 2. The van der Waals surface area contributed by atoms with Crippen molar-refractivity contribution in [3.8, 4) is 17.2 Å². The van der Waals surface area contributed by atoms with Gasteiger partial charge in [0.05, 0.1) is 11.6 Å². The predicted octanol–water partition coefficient (Wildman–Crippen LogP) is 4.67. The lowest BCUT2D eigenvalue weighted by Gasteiger charge is -2.13. The van der Waals surface area contributed by atoms with Crippen LogP contribution in [-0.2, 0) is 0 Å². The summed E-state index contributed by atoms with van der Waals surface area (Å²) in [6.45, 7) is 1.97. The fraction of sp³-hybridized carbons (Fsp3) is 0.250. The van der Waals surface area contributed by atoms with Crippen LogP contribution in [0.15, 0.2) is 40.9 Å². The van der Waals surface area contributed by atoms with Crippen LogP contribution in [-0.4, -0.2) is 14.2 Å². The molecule has 0 saturated carbocycles. The van der Waals surface area contributed by atoms with E-state index in [1.807, 2.05) is 20.0 Å². The van der Waals surface area contributed by atoms with Crippen LogP contribution in [0.25, 0.3) is 0 Å². The van der Waals surface area contributed by atoms with Gasteiger partial charge in [-0.05, 0) is 65.8 Å². The topological polar surface area (TPSA) is 30.5 Å². The quantitative estimate of drug-likeness (QED) is 0.847. The number of hydrogen-bond acceptors (Lipinski definition) is 3. The lowest BCUT2D eigenvalue weighted by atomic mass is 10.1. The molecule has 0 aliphatic rings. The van der Waals surface area contributed by atoms with Gasteiger partial charge in [-0.1, -0.05) is 6.07 Å². The highest BCUT2D eigenvalue weighted by Gasteiger charge is 2.11. The minimum atomic E-state index is -0.391. The average Bonchev–Trinajstić information content (AvgIpc) is 2.50. The molecule has 1 N–H and O–H groups in total. The first-order valence-corrected chi connectivity index (χ1v) is 7.32. The van der Waals surface area contributed by atoms with Gasteiger partial charge in [-0.15, -0.1) is 0 Å². The molecule has 0 heterocycles. The minimum Gasteiger partial charge on any atom is -0.497 e. The summed E-state index contributed by atoms with van der Waals surface area (Å²) in [4.78, 5) is 0. The normalized spacial score (nSPS) is 12.0. The third-order valence-corrected chi connectivity index (χ3v) is 3.87. The average molecular weight is 354 g/mol. The molecule has 0 amide bonds. The molecule has 3 nitrogen and oxygen atoms in total. The van der Waals surface area contributed by atoms with Gasteiger partial charge >= 0.3 is 0 Å². The van der Waals surface area contributed by atoms with Crippen molar-refractivity contribution in [2.45, 2.75) is 13.0 Å². The highest BCUT2D eigenvalue weighted by molar-refractivity contribution is 9.10. The van der Waals surface area contributed by atoms with Crippen LogP contribution >= 0.6 is 15.9 Å². The van der Waals surface area contributed by atoms with Crippen molar-refractivity contribution in [1.29, 1.82) is 0 Å². The lowest BCUT2D eigenvalue weighted by Crippen LogP contribution is -2.12. The Balaban J connectivity index is 2.24. The zero-order valence-corrected chi connectivity index (χ0v) is 13.7. The van der Waals surface area contributed by atoms with Crippen molar-refractivity contribution >= 4 is 15.9 Å². The fourth-order valence-electron chi connectivity index (χ4n) is 1.85. The summed E-state index contributed by atoms with van der Waals surface area (Å²) in [6, 6.07) is 10.3. The molecule has 0 aliphatic heterocycles. The second kappa shape index (κ2) is 6.91. The van der Waals surface area contributed by atoms with Crippen LogP contribution in [0.1, 0.15) is 18.5 Å². The molecule has 112 valence electrons. The van der Waals surface area contributed by atoms with Crippen LogP contribution in [0.2, 0.25) is 0 Å². The summed E-state index contributed by atoms with van der Waals surface area (Å²) in [7, 11) is 3.42. The van der Waals surface area contributed by atoms with Gasteiger partial charge in [-0.2, -0.15) is 0 Å². The first-order chi connectivity index (χ1) is 10.0. The molecule has 21 heavy (non-hydrogen) atoms. The highest BCUT2D eigenvalue weighted by Crippen LogP contribution is 2.34. The third-order valence-electron chi connectivity index (χ3n) is 3.25. The fourth-order valence-corrected chi connectivity index (χ4v) is 2.28. The SMILES string of the molecule is CNC(C)c1ccc(Oc2ccc(OC)cc2Br)c(F)c1. The number of halogens is 2. The number of benzene rings is 2. The van der Waals surface area contributed by atoms with Crippen molar-refractivity contribution in [2.24, 2.45) is 0 Å². The zero-order chi connectivity index (χ0) is 15.4. The van der Waals surface area contributed by atoms with Crippen LogP contribution in [0, 0.1) is 5.82 Å². The Morgan fingerprint density at radius 3 is 2.43 bits per heavy atom. The van der Waals surface area contributed by atoms with Gasteiger partial charge in [0.2, 0.25) is 0 Å². The monoisotopic (exact) mass is 353 g/mol. The van der Waals surface area contributed by atoms with Crippen molar-refractivity contribution < 1.29 is 13.9 Å². The largest absolute Gasteiger partial charge is 0.497 e. The first kappa shape index (κ1) is 15.8. The van der Waals surface area contributed by atoms with E-state index in [4.69, 9.17) is 9.47 Å². The Morgan fingerprint density at radius 1 is 1.14 bits per heavy atom. The van der Waals surface area contributed by atoms with E-state index < -0.39 is 5.82 Å². The van der Waals surface area contributed by atoms with Gasteiger partial charge in [-0.3, -0.25) is 0 Å². The number of nitrogens with one attached hydrogen (secondary N) is 1. The maximum Gasteiger partial charge on any atom is 0.166 e. The van der Waals surface area contributed by atoms with Crippen LogP contribution in [0.5, 0.6) is 17.2 Å². The summed E-state index contributed by atoms with van der Waals surface area (Å²) in [6.07, 6.45) is 0. The van der Waals surface area contributed by atoms with E-state index in [9.17, 15) is 4.39 Å². The molecule has 2 rings (SSSR count). The van der Waals surface area contributed by atoms with Crippen molar-refractivity contribution in [3.63, 3.8) is 0 Å². The molecule has 2 aromatic rings. The molecule has 1 atom stereocenters. The van der Waals surface area contributed by atoms with E-state index in [2.05, 4.69) is 21.2 Å². The van der Waals surface area contributed by atoms with E-state index in [-0.39, 0.29) is 11.8 Å². The number of hydrogen-bond donors (Lipinski definition) is 1. The molecule has 0 fully saturated rings.